The third-order valence-electron chi connectivity index (χ3n) is 4.63. The van der Waals surface area contributed by atoms with E-state index in [9.17, 15) is 0 Å². The van der Waals surface area contributed by atoms with Gasteiger partial charge in [-0.2, -0.15) is 0 Å². The molecule has 0 radical (unpaired) electrons. The van der Waals surface area contributed by atoms with Crippen molar-refractivity contribution < 1.29 is 9.15 Å². The van der Waals surface area contributed by atoms with Crippen molar-refractivity contribution in [1.29, 1.82) is 0 Å². The largest absolute Gasteiger partial charge is 0.472 e. The van der Waals surface area contributed by atoms with E-state index in [0.29, 0.717) is 18.4 Å². The Balaban J connectivity index is 1.63. The minimum Gasteiger partial charge on any atom is -0.472 e. The summed E-state index contributed by atoms with van der Waals surface area (Å²) in [6.07, 6.45) is 4.74. The number of fused-ring (bicyclic) bond motifs is 1. The van der Waals surface area contributed by atoms with Crippen LogP contribution in [0.4, 0.5) is 0 Å². The van der Waals surface area contributed by atoms with Gasteiger partial charge in [-0.3, -0.25) is 0 Å². The van der Waals surface area contributed by atoms with Gasteiger partial charge >= 0.3 is 0 Å². The van der Waals surface area contributed by atoms with E-state index < -0.39 is 0 Å². The number of benzene rings is 2. The Hall–Kier alpha value is -3.40. The summed E-state index contributed by atoms with van der Waals surface area (Å²) >= 11 is 0. The zero-order chi connectivity index (χ0) is 19.3. The molecule has 2 aromatic heterocycles. The lowest BCUT2D eigenvalue weighted by Crippen LogP contribution is -2.02. The van der Waals surface area contributed by atoms with Crippen molar-refractivity contribution in [2.45, 2.75) is 26.9 Å². The summed E-state index contributed by atoms with van der Waals surface area (Å²) < 4.78 is 11.8. The maximum Gasteiger partial charge on any atom is 0.221 e. The number of ether oxygens (including phenoxy) is 1. The van der Waals surface area contributed by atoms with Crippen molar-refractivity contribution in [2.75, 3.05) is 0 Å². The van der Waals surface area contributed by atoms with Gasteiger partial charge < -0.3 is 9.15 Å². The fourth-order valence-corrected chi connectivity index (χ4v) is 3.08. The van der Waals surface area contributed by atoms with Gasteiger partial charge in [-0.05, 0) is 48.7 Å². The quantitative estimate of drug-likeness (QED) is 0.427. The molecule has 0 amide bonds. The maximum atomic E-state index is 6.04. The second-order valence-corrected chi connectivity index (χ2v) is 6.61. The summed E-state index contributed by atoms with van der Waals surface area (Å²) in [7, 11) is 0. The zero-order valence-electron chi connectivity index (χ0n) is 16.1. The van der Waals surface area contributed by atoms with E-state index >= 15 is 0 Å². The predicted molar refractivity (Wildman–Crippen MR) is 112 cm³/mol. The third kappa shape index (κ3) is 3.96. The topological polar surface area (TPSA) is 48.2 Å². The minimum atomic E-state index is 0.475. The molecule has 0 aliphatic carbocycles. The van der Waals surface area contributed by atoms with Crippen molar-refractivity contribution in [3.8, 4) is 5.88 Å². The van der Waals surface area contributed by atoms with Crippen LogP contribution in [0.25, 0.3) is 23.3 Å². The summed E-state index contributed by atoms with van der Waals surface area (Å²) in [5.74, 6) is 1.18. The summed E-state index contributed by atoms with van der Waals surface area (Å²) in [5.41, 5.74) is 5.84. The van der Waals surface area contributed by atoms with Crippen LogP contribution in [0.3, 0.4) is 0 Å². The Morgan fingerprint density at radius 2 is 1.75 bits per heavy atom. The van der Waals surface area contributed by atoms with Gasteiger partial charge in [-0.15, -0.1) is 0 Å². The highest BCUT2D eigenvalue weighted by molar-refractivity contribution is 5.76. The number of para-hydroxylation sites is 2. The second-order valence-electron chi connectivity index (χ2n) is 6.61. The van der Waals surface area contributed by atoms with Gasteiger partial charge in [0.15, 0.2) is 5.58 Å². The van der Waals surface area contributed by atoms with Gasteiger partial charge in [0.25, 0.3) is 0 Å². The van der Waals surface area contributed by atoms with Gasteiger partial charge in [0.05, 0.1) is 0 Å². The number of nitrogens with zero attached hydrogens (tertiary/aromatic N) is 2. The van der Waals surface area contributed by atoms with Crippen molar-refractivity contribution in [1.82, 2.24) is 9.97 Å². The SMILES string of the molecule is CCc1cc(/C=C/c2nc3ccccc3o2)c(OCc2ccccc2)nc1C. The lowest BCUT2D eigenvalue weighted by Gasteiger charge is -2.12. The Bertz CT molecular complexity index is 1080. The number of aromatic nitrogens is 2. The molecule has 4 rings (SSSR count). The van der Waals surface area contributed by atoms with E-state index in [2.05, 4.69) is 23.0 Å². The van der Waals surface area contributed by atoms with Gasteiger partial charge in [-0.25, -0.2) is 9.97 Å². The lowest BCUT2D eigenvalue weighted by atomic mass is 10.1. The molecule has 0 atom stereocenters. The fourth-order valence-electron chi connectivity index (χ4n) is 3.08. The van der Waals surface area contributed by atoms with Crippen LogP contribution in [0.5, 0.6) is 5.88 Å². The van der Waals surface area contributed by atoms with E-state index in [4.69, 9.17) is 9.15 Å². The Morgan fingerprint density at radius 1 is 0.964 bits per heavy atom. The highest BCUT2D eigenvalue weighted by atomic mass is 16.5. The molecule has 2 aromatic carbocycles. The van der Waals surface area contributed by atoms with E-state index in [1.807, 2.05) is 73.7 Å². The molecule has 0 saturated carbocycles. The van der Waals surface area contributed by atoms with Crippen LogP contribution in [-0.4, -0.2) is 9.97 Å². The highest BCUT2D eigenvalue weighted by Crippen LogP contribution is 2.24. The molecule has 4 nitrogen and oxygen atoms in total. The van der Waals surface area contributed by atoms with Gasteiger partial charge in [0, 0.05) is 17.3 Å². The summed E-state index contributed by atoms with van der Waals surface area (Å²) in [5, 5.41) is 0. The molecule has 0 aliphatic heterocycles. The summed E-state index contributed by atoms with van der Waals surface area (Å²) in [4.78, 5) is 9.19. The van der Waals surface area contributed by atoms with Crippen LogP contribution in [0.15, 0.2) is 65.1 Å². The Morgan fingerprint density at radius 3 is 2.54 bits per heavy atom. The molecule has 4 heteroatoms. The molecule has 0 spiro atoms. The molecule has 0 bridgehead atoms. The molecule has 0 saturated heterocycles. The van der Waals surface area contributed by atoms with Crippen molar-refractivity contribution in [2.24, 2.45) is 0 Å². The molecular weight excluding hydrogens is 348 g/mol. The van der Waals surface area contributed by atoms with Gasteiger partial charge in [0.1, 0.15) is 12.1 Å². The maximum absolute atomic E-state index is 6.04. The van der Waals surface area contributed by atoms with Crippen LogP contribution in [0.2, 0.25) is 0 Å². The first kappa shape index (κ1) is 18.0. The van der Waals surface area contributed by atoms with E-state index in [-0.39, 0.29) is 0 Å². The molecule has 0 unspecified atom stereocenters. The van der Waals surface area contributed by atoms with Crippen LogP contribution < -0.4 is 4.74 Å². The smallest absolute Gasteiger partial charge is 0.221 e. The van der Waals surface area contributed by atoms with Crippen LogP contribution in [0.1, 0.15) is 35.2 Å². The van der Waals surface area contributed by atoms with Crippen molar-refractivity contribution in [3.05, 3.63) is 88.9 Å². The first-order valence-electron chi connectivity index (χ1n) is 9.44. The average molecular weight is 370 g/mol. The molecule has 0 fully saturated rings. The monoisotopic (exact) mass is 370 g/mol. The average Bonchev–Trinajstić information content (AvgIpc) is 3.15. The Kier molecular flexibility index (Phi) is 5.20. The van der Waals surface area contributed by atoms with Gasteiger partial charge in [0.2, 0.25) is 11.8 Å². The molecule has 4 aromatic rings. The number of hydrogen-bond acceptors (Lipinski definition) is 4. The highest BCUT2D eigenvalue weighted by Gasteiger charge is 2.09. The number of aryl methyl sites for hydroxylation is 2. The number of pyridine rings is 1. The van der Waals surface area contributed by atoms with Crippen LogP contribution in [0, 0.1) is 6.92 Å². The van der Waals surface area contributed by atoms with Crippen molar-refractivity contribution >= 4 is 23.3 Å². The van der Waals surface area contributed by atoms with E-state index in [1.165, 1.54) is 5.56 Å². The predicted octanol–water partition coefficient (Wildman–Crippen LogP) is 5.84. The molecule has 0 aliphatic rings. The zero-order valence-corrected chi connectivity index (χ0v) is 16.1. The molecule has 0 N–H and O–H groups in total. The normalized spacial score (nSPS) is 11.4. The number of oxazole rings is 1. The lowest BCUT2D eigenvalue weighted by molar-refractivity contribution is 0.292. The van der Waals surface area contributed by atoms with Gasteiger partial charge in [-0.1, -0.05) is 49.4 Å². The standard InChI is InChI=1S/C24H22N2O2/c1-3-19-15-20(13-14-23-26-21-11-7-8-12-22(21)28-23)24(25-17(19)2)27-16-18-9-5-4-6-10-18/h4-15H,3,16H2,1-2H3/b14-13+. The minimum absolute atomic E-state index is 0.475. The van der Waals surface area contributed by atoms with Crippen LogP contribution >= 0.6 is 0 Å². The molecule has 140 valence electrons. The molecular formula is C24H22N2O2. The molecule has 2 heterocycles. The first-order valence-corrected chi connectivity index (χ1v) is 9.44. The van der Waals surface area contributed by atoms with E-state index in [0.717, 1.165) is 34.3 Å². The summed E-state index contributed by atoms with van der Waals surface area (Å²) in [6.45, 7) is 4.62. The summed E-state index contributed by atoms with van der Waals surface area (Å²) in [6, 6.07) is 20.0. The van der Waals surface area contributed by atoms with Crippen LogP contribution in [-0.2, 0) is 13.0 Å². The third-order valence-corrected chi connectivity index (χ3v) is 4.63. The first-order chi connectivity index (χ1) is 13.7. The second kappa shape index (κ2) is 8.09. The van der Waals surface area contributed by atoms with Crippen molar-refractivity contribution in [3.63, 3.8) is 0 Å². The van der Waals surface area contributed by atoms with E-state index in [1.54, 1.807) is 0 Å². The number of rotatable bonds is 6. The fraction of sp³-hybridized carbons (Fsp3) is 0.167. The Labute approximate surface area is 164 Å². The number of hydrogen-bond donors (Lipinski definition) is 0. The molecule has 28 heavy (non-hydrogen) atoms.